The lowest BCUT2D eigenvalue weighted by atomic mass is 9.86. The van der Waals surface area contributed by atoms with Crippen molar-refractivity contribution in [1.82, 2.24) is 0 Å². The summed E-state index contributed by atoms with van der Waals surface area (Å²) in [6, 6.07) is 8.64. The zero-order chi connectivity index (χ0) is 14.3. The normalized spacial score (nSPS) is 18.1. The maximum atomic E-state index is 6.17. The van der Waals surface area contributed by atoms with Gasteiger partial charge in [0, 0.05) is 4.88 Å². The molecule has 3 heteroatoms. The Bertz CT molecular complexity index is 624. The first-order chi connectivity index (χ1) is 9.45. The highest BCUT2D eigenvalue weighted by molar-refractivity contribution is 7.10. The Balaban J connectivity index is 1.88. The van der Waals surface area contributed by atoms with E-state index in [9.17, 15) is 0 Å². The molecule has 0 aliphatic carbocycles. The number of hydrogen-bond acceptors (Lipinski definition) is 3. The maximum Gasteiger partial charge on any atom is 0.150 e. The minimum absolute atomic E-state index is 0.128. The molecule has 1 aliphatic rings. The second kappa shape index (κ2) is 4.81. The predicted octanol–water partition coefficient (Wildman–Crippen LogP) is 4.90. The summed E-state index contributed by atoms with van der Waals surface area (Å²) in [5.41, 5.74) is 3.93. The summed E-state index contributed by atoms with van der Waals surface area (Å²) < 4.78 is 6.17. The Morgan fingerprint density at radius 3 is 2.70 bits per heavy atom. The van der Waals surface area contributed by atoms with Gasteiger partial charge in [0.15, 0.2) is 6.10 Å². The third kappa shape index (κ3) is 2.42. The maximum absolute atomic E-state index is 6.17. The van der Waals surface area contributed by atoms with Gasteiger partial charge in [0.05, 0.1) is 12.2 Å². The van der Waals surface area contributed by atoms with Crippen LogP contribution in [0.5, 0.6) is 5.75 Å². The average molecular weight is 287 g/mol. The van der Waals surface area contributed by atoms with Crippen LogP contribution in [0.15, 0.2) is 29.6 Å². The van der Waals surface area contributed by atoms with Crippen molar-refractivity contribution in [1.29, 1.82) is 0 Å². The largest absolute Gasteiger partial charge is 0.481 e. The lowest BCUT2D eigenvalue weighted by molar-refractivity contribution is 0.213. The van der Waals surface area contributed by atoms with Gasteiger partial charge < -0.3 is 10.1 Å². The molecule has 1 aromatic carbocycles. The van der Waals surface area contributed by atoms with Gasteiger partial charge in [-0.25, -0.2) is 0 Å². The van der Waals surface area contributed by atoms with Gasteiger partial charge >= 0.3 is 0 Å². The predicted molar refractivity (Wildman–Crippen MR) is 86.1 cm³/mol. The van der Waals surface area contributed by atoms with Crippen LogP contribution < -0.4 is 10.1 Å². The summed E-state index contributed by atoms with van der Waals surface area (Å²) in [5.74, 6) is 0.960. The molecule has 106 valence electrons. The SMILES string of the molecule is Cc1ccsc1C1CNc2cc(C(C)(C)C)ccc2O1. The molecular formula is C17H21NOS. The van der Waals surface area contributed by atoms with Crippen molar-refractivity contribution in [3.63, 3.8) is 0 Å². The molecule has 0 radical (unpaired) electrons. The second-order valence-corrected chi connectivity index (χ2v) is 7.36. The van der Waals surface area contributed by atoms with E-state index < -0.39 is 0 Å². The standard InChI is InChI=1S/C17H21NOS/c1-11-7-8-20-16(11)15-10-18-13-9-12(17(2,3)4)5-6-14(13)19-15/h5-9,15,18H,10H2,1-4H3. The monoisotopic (exact) mass is 287 g/mol. The molecule has 0 saturated carbocycles. The van der Waals surface area contributed by atoms with E-state index in [-0.39, 0.29) is 11.5 Å². The van der Waals surface area contributed by atoms with Gasteiger partial charge in [-0.3, -0.25) is 0 Å². The molecule has 0 fully saturated rings. The molecule has 0 bridgehead atoms. The fourth-order valence-electron chi connectivity index (χ4n) is 2.50. The van der Waals surface area contributed by atoms with Gasteiger partial charge in [0.2, 0.25) is 0 Å². The number of fused-ring (bicyclic) bond motifs is 1. The Kier molecular flexibility index (Phi) is 3.25. The zero-order valence-corrected chi connectivity index (χ0v) is 13.3. The van der Waals surface area contributed by atoms with E-state index >= 15 is 0 Å². The molecule has 2 aromatic rings. The lowest BCUT2D eigenvalue weighted by Gasteiger charge is -2.29. The lowest BCUT2D eigenvalue weighted by Crippen LogP contribution is -2.24. The fourth-order valence-corrected chi connectivity index (χ4v) is 3.45. The molecule has 2 heterocycles. The topological polar surface area (TPSA) is 21.3 Å². The van der Waals surface area contributed by atoms with Crippen molar-refractivity contribution in [3.05, 3.63) is 45.6 Å². The van der Waals surface area contributed by atoms with Crippen molar-refractivity contribution in [2.75, 3.05) is 11.9 Å². The number of hydrogen-bond donors (Lipinski definition) is 1. The van der Waals surface area contributed by atoms with E-state index in [1.807, 2.05) is 0 Å². The first-order valence-electron chi connectivity index (χ1n) is 7.04. The first kappa shape index (κ1) is 13.5. The third-order valence-corrected chi connectivity index (χ3v) is 4.90. The van der Waals surface area contributed by atoms with E-state index in [2.05, 4.69) is 62.7 Å². The zero-order valence-electron chi connectivity index (χ0n) is 12.5. The Hall–Kier alpha value is -1.48. The van der Waals surface area contributed by atoms with E-state index in [1.165, 1.54) is 16.0 Å². The summed E-state index contributed by atoms with van der Waals surface area (Å²) in [7, 11) is 0. The Labute approximate surface area is 124 Å². The second-order valence-electron chi connectivity index (χ2n) is 6.42. The summed E-state index contributed by atoms with van der Waals surface area (Å²) in [5, 5.41) is 5.65. The molecule has 0 spiro atoms. The highest BCUT2D eigenvalue weighted by Crippen LogP contribution is 2.39. The van der Waals surface area contributed by atoms with Gasteiger partial charge in [0.25, 0.3) is 0 Å². The number of ether oxygens (including phenoxy) is 1. The van der Waals surface area contributed by atoms with Gasteiger partial charge in [-0.2, -0.15) is 0 Å². The summed E-state index contributed by atoms with van der Waals surface area (Å²) in [6.45, 7) is 9.68. The average Bonchev–Trinajstić information content (AvgIpc) is 2.83. The summed E-state index contributed by atoms with van der Waals surface area (Å²) in [4.78, 5) is 1.32. The van der Waals surface area contributed by atoms with E-state index in [1.54, 1.807) is 11.3 Å². The summed E-state index contributed by atoms with van der Waals surface area (Å²) >= 11 is 1.77. The number of rotatable bonds is 1. The molecule has 3 rings (SSSR count). The molecule has 1 unspecified atom stereocenters. The quantitative estimate of drug-likeness (QED) is 0.805. The highest BCUT2D eigenvalue weighted by Gasteiger charge is 2.24. The third-order valence-electron chi connectivity index (χ3n) is 3.79. The molecule has 2 nitrogen and oxygen atoms in total. The number of benzene rings is 1. The van der Waals surface area contributed by atoms with Crippen LogP contribution in [0.3, 0.4) is 0 Å². The Morgan fingerprint density at radius 2 is 2.05 bits per heavy atom. The van der Waals surface area contributed by atoms with Crippen molar-refractivity contribution in [2.24, 2.45) is 0 Å². The summed E-state index contributed by atoms with van der Waals surface area (Å²) in [6.07, 6.45) is 0.128. The molecule has 1 atom stereocenters. The minimum Gasteiger partial charge on any atom is -0.481 e. The fraction of sp³-hybridized carbons (Fsp3) is 0.412. The van der Waals surface area contributed by atoms with E-state index in [0.29, 0.717) is 0 Å². The van der Waals surface area contributed by atoms with Gasteiger partial charge in [-0.1, -0.05) is 26.8 Å². The van der Waals surface area contributed by atoms with Crippen LogP contribution in [-0.4, -0.2) is 6.54 Å². The minimum atomic E-state index is 0.128. The van der Waals surface area contributed by atoms with Crippen molar-refractivity contribution in [2.45, 2.75) is 39.2 Å². The highest BCUT2D eigenvalue weighted by atomic mass is 32.1. The number of anilines is 1. The van der Waals surface area contributed by atoms with Crippen LogP contribution in [0, 0.1) is 6.92 Å². The molecular weight excluding hydrogens is 266 g/mol. The molecule has 1 N–H and O–H groups in total. The molecule has 1 aliphatic heterocycles. The molecule has 0 saturated heterocycles. The van der Waals surface area contributed by atoms with Crippen LogP contribution in [0.25, 0.3) is 0 Å². The van der Waals surface area contributed by atoms with Gasteiger partial charge in [0.1, 0.15) is 5.75 Å². The Morgan fingerprint density at radius 1 is 1.25 bits per heavy atom. The van der Waals surface area contributed by atoms with Gasteiger partial charge in [-0.05, 0) is 47.0 Å². The van der Waals surface area contributed by atoms with Gasteiger partial charge in [-0.15, -0.1) is 11.3 Å². The smallest absolute Gasteiger partial charge is 0.150 e. The first-order valence-corrected chi connectivity index (χ1v) is 7.92. The van der Waals surface area contributed by atoms with Crippen LogP contribution in [-0.2, 0) is 5.41 Å². The van der Waals surface area contributed by atoms with Crippen LogP contribution in [0.2, 0.25) is 0 Å². The van der Waals surface area contributed by atoms with E-state index in [4.69, 9.17) is 4.74 Å². The van der Waals surface area contributed by atoms with Crippen LogP contribution in [0.4, 0.5) is 5.69 Å². The van der Waals surface area contributed by atoms with Crippen molar-refractivity contribution in [3.8, 4) is 5.75 Å². The van der Waals surface area contributed by atoms with Crippen LogP contribution in [0.1, 0.15) is 42.9 Å². The van der Waals surface area contributed by atoms with Crippen LogP contribution >= 0.6 is 11.3 Å². The molecule has 20 heavy (non-hydrogen) atoms. The molecule has 1 aromatic heterocycles. The number of aryl methyl sites for hydroxylation is 1. The number of nitrogens with one attached hydrogen (secondary N) is 1. The van der Waals surface area contributed by atoms with Crippen molar-refractivity contribution < 1.29 is 4.74 Å². The molecule has 0 amide bonds. The number of thiophene rings is 1. The van der Waals surface area contributed by atoms with E-state index in [0.717, 1.165) is 18.0 Å². The van der Waals surface area contributed by atoms with Crippen molar-refractivity contribution >= 4 is 17.0 Å².